The lowest BCUT2D eigenvalue weighted by atomic mass is 10.2. The molecule has 0 unspecified atom stereocenters. The van der Waals surface area contributed by atoms with Crippen molar-refractivity contribution >= 4 is 35.2 Å². The Morgan fingerprint density at radius 3 is 2.52 bits per heavy atom. The SMILES string of the molecule is CC(=O)C=C1Sc2ccc(OC(C)=O)cc2N1CCOC(C)=O. The van der Waals surface area contributed by atoms with Crippen LogP contribution in [0.2, 0.25) is 0 Å². The summed E-state index contributed by atoms with van der Waals surface area (Å²) in [5.41, 5.74) is 0.813. The Balaban J connectivity index is 2.28. The van der Waals surface area contributed by atoms with Crippen molar-refractivity contribution in [2.45, 2.75) is 25.7 Å². The highest BCUT2D eigenvalue weighted by Gasteiger charge is 2.26. The average molecular weight is 335 g/mol. The maximum atomic E-state index is 11.4. The van der Waals surface area contributed by atoms with Crippen molar-refractivity contribution < 1.29 is 23.9 Å². The topological polar surface area (TPSA) is 72.9 Å². The zero-order valence-corrected chi connectivity index (χ0v) is 13.9. The fourth-order valence-corrected chi connectivity index (χ4v) is 3.26. The van der Waals surface area contributed by atoms with Crippen LogP contribution in [0.3, 0.4) is 0 Å². The molecule has 7 heteroatoms. The van der Waals surface area contributed by atoms with Crippen molar-refractivity contribution in [2.75, 3.05) is 18.1 Å². The second-order valence-corrected chi connectivity index (χ2v) is 5.97. The number of fused-ring (bicyclic) bond motifs is 1. The molecule has 1 aromatic carbocycles. The Bertz CT molecular complexity index is 683. The highest BCUT2D eigenvalue weighted by molar-refractivity contribution is 8.03. The van der Waals surface area contributed by atoms with Gasteiger partial charge >= 0.3 is 11.9 Å². The van der Waals surface area contributed by atoms with E-state index in [9.17, 15) is 14.4 Å². The van der Waals surface area contributed by atoms with Crippen LogP contribution < -0.4 is 9.64 Å². The molecule has 0 atom stereocenters. The van der Waals surface area contributed by atoms with Gasteiger partial charge in [-0.25, -0.2) is 0 Å². The molecule has 6 nitrogen and oxygen atoms in total. The summed E-state index contributed by atoms with van der Waals surface area (Å²) >= 11 is 1.44. The number of anilines is 1. The Kier molecular flexibility index (Phi) is 5.44. The molecule has 0 aromatic heterocycles. The molecule has 0 fully saturated rings. The predicted octanol–water partition coefficient (Wildman–Crippen LogP) is 2.52. The molecule has 0 amide bonds. The van der Waals surface area contributed by atoms with Crippen molar-refractivity contribution in [1.29, 1.82) is 0 Å². The summed E-state index contributed by atoms with van der Waals surface area (Å²) in [6, 6.07) is 5.27. The van der Waals surface area contributed by atoms with Crippen molar-refractivity contribution in [1.82, 2.24) is 0 Å². The van der Waals surface area contributed by atoms with E-state index in [0.29, 0.717) is 12.3 Å². The number of carbonyl (C=O) groups is 3. The number of thioether (sulfide) groups is 1. The summed E-state index contributed by atoms with van der Waals surface area (Å²) in [6.07, 6.45) is 1.53. The summed E-state index contributed by atoms with van der Waals surface area (Å²) in [5.74, 6) is -0.402. The second-order valence-electron chi connectivity index (χ2n) is 4.91. The van der Waals surface area contributed by atoms with Crippen LogP contribution in [0.5, 0.6) is 5.75 Å². The molecule has 0 saturated carbocycles. The Morgan fingerprint density at radius 1 is 1.17 bits per heavy atom. The van der Waals surface area contributed by atoms with Crippen LogP contribution in [0.25, 0.3) is 0 Å². The molecule has 122 valence electrons. The quantitative estimate of drug-likeness (QED) is 0.465. The summed E-state index contributed by atoms with van der Waals surface area (Å²) in [7, 11) is 0. The summed E-state index contributed by atoms with van der Waals surface area (Å²) in [6.45, 7) is 4.76. The standard InChI is InChI=1S/C16H17NO5S/c1-10(18)8-16-17(6-7-21-11(2)19)14-9-13(22-12(3)20)4-5-15(14)23-16/h4-5,8-9H,6-7H2,1-3H3. The number of ketones is 1. The zero-order chi connectivity index (χ0) is 17.0. The minimum absolute atomic E-state index is 0.0713. The number of carbonyl (C=O) groups excluding carboxylic acids is 3. The predicted molar refractivity (Wildman–Crippen MR) is 86.4 cm³/mol. The maximum Gasteiger partial charge on any atom is 0.308 e. The molecular weight excluding hydrogens is 318 g/mol. The molecule has 0 radical (unpaired) electrons. The molecule has 1 aliphatic heterocycles. The zero-order valence-electron chi connectivity index (χ0n) is 13.1. The van der Waals surface area contributed by atoms with Gasteiger partial charge in [0.2, 0.25) is 0 Å². The summed E-state index contributed by atoms with van der Waals surface area (Å²) in [5, 5.41) is 0.750. The molecule has 0 bridgehead atoms. The van der Waals surface area contributed by atoms with Crippen molar-refractivity contribution in [3.63, 3.8) is 0 Å². The maximum absolute atomic E-state index is 11.4. The van der Waals surface area contributed by atoms with E-state index in [4.69, 9.17) is 9.47 Å². The minimum Gasteiger partial charge on any atom is -0.464 e. The van der Waals surface area contributed by atoms with E-state index in [-0.39, 0.29) is 18.4 Å². The second kappa shape index (κ2) is 7.32. The van der Waals surface area contributed by atoms with Gasteiger partial charge in [0.15, 0.2) is 5.78 Å². The third-order valence-electron chi connectivity index (χ3n) is 2.91. The van der Waals surface area contributed by atoms with E-state index in [2.05, 4.69) is 0 Å². The molecule has 1 aliphatic rings. The molecule has 0 aliphatic carbocycles. The molecule has 2 rings (SSSR count). The van der Waals surface area contributed by atoms with E-state index in [1.807, 2.05) is 11.0 Å². The fraction of sp³-hybridized carbons (Fsp3) is 0.312. The van der Waals surface area contributed by atoms with Crippen molar-refractivity contribution in [3.8, 4) is 5.75 Å². The third-order valence-corrected chi connectivity index (χ3v) is 4.02. The number of hydrogen-bond donors (Lipinski definition) is 0. The van der Waals surface area contributed by atoms with Crippen LogP contribution in [-0.4, -0.2) is 30.9 Å². The van der Waals surface area contributed by atoms with Crippen molar-refractivity contribution in [3.05, 3.63) is 29.3 Å². The lowest BCUT2D eigenvalue weighted by Gasteiger charge is -2.20. The largest absolute Gasteiger partial charge is 0.464 e. The molecule has 0 spiro atoms. The van der Waals surface area contributed by atoms with Gasteiger partial charge in [-0.2, -0.15) is 0 Å². The number of allylic oxidation sites excluding steroid dienone is 1. The van der Waals surface area contributed by atoms with Gasteiger partial charge in [-0.3, -0.25) is 14.4 Å². The van der Waals surface area contributed by atoms with E-state index >= 15 is 0 Å². The first-order valence-electron chi connectivity index (χ1n) is 7.00. The third kappa shape index (κ3) is 4.59. The molecule has 0 saturated heterocycles. The highest BCUT2D eigenvalue weighted by Crippen LogP contribution is 2.47. The van der Waals surface area contributed by atoms with Crippen LogP contribution in [0, 0.1) is 0 Å². The molecule has 0 N–H and O–H groups in total. The lowest BCUT2D eigenvalue weighted by Crippen LogP contribution is -2.24. The van der Waals surface area contributed by atoms with Crippen LogP contribution in [0.4, 0.5) is 5.69 Å². The monoisotopic (exact) mass is 335 g/mol. The smallest absolute Gasteiger partial charge is 0.308 e. The fourth-order valence-electron chi connectivity index (χ4n) is 2.10. The number of esters is 2. The molecule has 23 heavy (non-hydrogen) atoms. The lowest BCUT2D eigenvalue weighted by molar-refractivity contribution is -0.140. The molecule has 1 heterocycles. The normalized spacial score (nSPS) is 14.6. The summed E-state index contributed by atoms with van der Waals surface area (Å²) < 4.78 is 10.1. The van der Waals surface area contributed by atoms with Gasteiger partial charge in [0, 0.05) is 30.9 Å². The van der Waals surface area contributed by atoms with Gasteiger partial charge < -0.3 is 14.4 Å². The number of ether oxygens (including phenoxy) is 2. The Labute approximate surface area is 138 Å². The van der Waals surface area contributed by atoms with Gasteiger partial charge in [0.25, 0.3) is 0 Å². The summed E-state index contributed by atoms with van der Waals surface area (Å²) in [4.78, 5) is 36.3. The first-order chi connectivity index (χ1) is 10.9. The minimum atomic E-state index is -0.401. The van der Waals surface area contributed by atoms with Crippen LogP contribution in [-0.2, 0) is 19.1 Å². The van der Waals surface area contributed by atoms with E-state index in [1.54, 1.807) is 12.1 Å². The van der Waals surface area contributed by atoms with Gasteiger partial charge in [-0.05, 0) is 19.1 Å². The Morgan fingerprint density at radius 2 is 1.91 bits per heavy atom. The van der Waals surface area contributed by atoms with Gasteiger partial charge in [0.1, 0.15) is 12.4 Å². The number of rotatable bonds is 5. The van der Waals surface area contributed by atoms with Crippen molar-refractivity contribution in [2.24, 2.45) is 0 Å². The first-order valence-corrected chi connectivity index (χ1v) is 7.82. The highest BCUT2D eigenvalue weighted by atomic mass is 32.2. The number of hydrogen-bond acceptors (Lipinski definition) is 7. The van der Waals surface area contributed by atoms with Gasteiger partial charge in [-0.15, -0.1) is 0 Å². The van der Waals surface area contributed by atoms with Crippen LogP contribution >= 0.6 is 11.8 Å². The van der Waals surface area contributed by atoms with Crippen LogP contribution in [0.1, 0.15) is 20.8 Å². The van der Waals surface area contributed by atoms with Gasteiger partial charge in [-0.1, -0.05) is 11.8 Å². The van der Waals surface area contributed by atoms with E-state index in [1.165, 1.54) is 38.6 Å². The van der Waals surface area contributed by atoms with E-state index in [0.717, 1.165) is 15.6 Å². The first kappa shape index (κ1) is 17.1. The average Bonchev–Trinajstić information content (AvgIpc) is 2.74. The van der Waals surface area contributed by atoms with Crippen LogP contribution in [0.15, 0.2) is 34.2 Å². The molecule has 1 aromatic rings. The Hall–Kier alpha value is -2.28. The number of nitrogens with zero attached hydrogens (tertiary/aromatic N) is 1. The number of benzene rings is 1. The van der Waals surface area contributed by atoms with Gasteiger partial charge in [0.05, 0.1) is 17.3 Å². The molecular formula is C16H17NO5S. The van der Waals surface area contributed by atoms with E-state index < -0.39 is 5.97 Å².